The third-order valence-electron chi connectivity index (χ3n) is 3.96. The van der Waals surface area contributed by atoms with Gasteiger partial charge in [-0.1, -0.05) is 26.2 Å². The highest BCUT2D eigenvalue weighted by Crippen LogP contribution is 2.27. The summed E-state index contributed by atoms with van der Waals surface area (Å²) in [5.41, 5.74) is 0. The lowest BCUT2D eigenvalue weighted by molar-refractivity contribution is 0.303. The van der Waals surface area contributed by atoms with Gasteiger partial charge < -0.3 is 10.2 Å². The molecule has 2 heteroatoms. The number of hydrogen-bond acceptors (Lipinski definition) is 2. The van der Waals surface area contributed by atoms with Gasteiger partial charge in [-0.2, -0.15) is 0 Å². The summed E-state index contributed by atoms with van der Waals surface area (Å²) in [5.74, 6) is 0.945. The Morgan fingerprint density at radius 1 is 1.25 bits per heavy atom. The van der Waals surface area contributed by atoms with E-state index in [4.69, 9.17) is 0 Å². The van der Waals surface area contributed by atoms with Gasteiger partial charge in [-0.25, -0.2) is 0 Å². The Balaban J connectivity index is 2.00. The second kappa shape index (κ2) is 8.08. The van der Waals surface area contributed by atoms with Crippen molar-refractivity contribution in [1.82, 2.24) is 10.2 Å². The molecule has 0 bridgehead atoms. The Hall–Kier alpha value is -0.0800. The van der Waals surface area contributed by atoms with Crippen LogP contribution in [0.5, 0.6) is 0 Å². The minimum absolute atomic E-state index is 0.724. The average Bonchev–Trinajstić information content (AvgIpc) is 2.79. The Morgan fingerprint density at radius 2 is 1.94 bits per heavy atom. The predicted octanol–water partition coefficient (Wildman–Crippen LogP) is 2.89. The first kappa shape index (κ1) is 14.0. The molecule has 1 atom stereocenters. The van der Waals surface area contributed by atoms with E-state index >= 15 is 0 Å². The fourth-order valence-electron chi connectivity index (χ4n) is 2.65. The van der Waals surface area contributed by atoms with Gasteiger partial charge in [0.15, 0.2) is 0 Å². The molecule has 0 saturated heterocycles. The van der Waals surface area contributed by atoms with E-state index in [0.717, 1.165) is 18.5 Å². The molecule has 16 heavy (non-hydrogen) atoms. The van der Waals surface area contributed by atoms with Crippen molar-refractivity contribution in [3.8, 4) is 0 Å². The Kier molecular flexibility index (Phi) is 7.06. The van der Waals surface area contributed by atoms with Gasteiger partial charge in [0.1, 0.15) is 0 Å². The molecule has 1 fully saturated rings. The first-order chi connectivity index (χ1) is 7.74. The molecule has 0 aromatic heterocycles. The SMILES string of the molecule is CCCCN(C)CCNC(C)C1CCCC1. The summed E-state index contributed by atoms with van der Waals surface area (Å²) in [6.45, 7) is 8.21. The van der Waals surface area contributed by atoms with Crippen molar-refractivity contribution in [3.05, 3.63) is 0 Å². The summed E-state index contributed by atoms with van der Waals surface area (Å²) in [4.78, 5) is 2.44. The molecule has 1 saturated carbocycles. The first-order valence-electron chi connectivity index (χ1n) is 7.16. The van der Waals surface area contributed by atoms with Gasteiger partial charge in [0.05, 0.1) is 0 Å². The maximum Gasteiger partial charge on any atom is 0.0104 e. The van der Waals surface area contributed by atoms with Crippen LogP contribution in [-0.4, -0.2) is 37.6 Å². The second-order valence-corrected chi connectivity index (χ2v) is 5.44. The van der Waals surface area contributed by atoms with Gasteiger partial charge in [-0.05, 0) is 45.7 Å². The largest absolute Gasteiger partial charge is 0.313 e. The van der Waals surface area contributed by atoms with Gasteiger partial charge in [0, 0.05) is 19.1 Å². The van der Waals surface area contributed by atoms with Crippen molar-refractivity contribution < 1.29 is 0 Å². The third kappa shape index (κ3) is 5.31. The molecule has 0 aromatic rings. The standard InChI is InChI=1S/C14H30N2/c1-4-5-11-16(3)12-10-15-13(2)14-8-6-7-9-14/h13-15H,4-12H2,1-3H3. The molecule has 0 spiro atoms. The molecule has 1 aliphatic carbocycles. The monoisotopic (exact) mass is 226 g/mol. The zero-order valence-corrected chi connectivity index (χ0v) is 11.5. The van der Waals surface area contributed by atoms with Crippen LogP contribution in [0.3, 0.4) is 0 Å². The fourth-order valence-corrected chi connectivity index (χ4v) is 2.65. The molecule has 1 rings (SSSR count). The van der Waals surface area contributed by atoms with Crippen LogP contribution in [0.4, 0.5) is 0 Å². The third-order valence-corrected chi connectivity index (χ3v) is 3.96. The summed E-state index contributed by atoms with van der Waals surface area (Å²) in [7, 11) is 2.23. The van der Waals surface area contributed by atoms with Crippen LogP contribution in [0, 0.1) is 5.92 Å². The summed E-state index contributed by atoms with van der Waals surface area (Å²) in [6, 6.07) is 0.724. The lowest BCUT2D eigenvalue weighted by atomic mass is 10.00. The minimum atomic E-state index is 0.724. The summed E-state index contributed by atoms with van der Waals surface area (Å²) in [5, 5.41) is 3.69. The molecule has 1 N–H and O–H groups in total. The molecule has 2 nitrogen and oxygen atoms in total. The highest BCUT2D eigenvalue weighted by atomic mass is 15.1. The Morgan fingerprint density at radius 3 is 2.56 bits per heavy atom. The predicted molar refractivity (Wildman–Crippen MR) is 71.8 cm³/mol. The van der Waals surface area contributed by atoms with Crippen molar-refractivity contribution in [2.24, 2.45) is 5.92 Å². The van der Waals surface area contributed by atoms with Crippen molar-refractivity contribution >= 4 is 0 Å². The average molecular weight is 226 g/mol. The van der Waals surface area contributed by atoms with E-state index in [0.29, 0.717) is 0 Å². The molecular weight excluding hydrogens is 196 g/mol. The Bertz CT molecular complexity index is 164. The van der Waals surface area contributed by atoms with Gasteiger partial charge in [-0.3, -0.25) is 0 Å². The molecule has 1 aliphatic rings. The van der Waals surface area contributed by atoms with E-state index in [1.165, 1.54) is 51.6 Å². The number of likely N-dealkylation sites (N-methyl/N-ethyl adjacent to an activating group) is 1. The maximum absolute atomic E-state index is 3.69. The van der Waals surface area contributed by atoms with Gasteiger partial charge in [0.2, 0.25) is 0 Å². The highest BCUT2D eigenvalue weighted by molar-refractivity contribution is 4.77. The molecule has 96 valence electrons. The van der Waals surface area contributed by atoms with E-state index in [2.05, 4.69) is 31.1 Å². The fraction of sp³-hybridized carbons (Fsp3) is 1.00. The van der Waals surface area contributed by atoms with Gasteiger partial charge in [-0.15, -0.1) is 0 Å². The highest BCUT2D eigenvalue weighted by Gasteiger charge is 2.20. The zero-order chi connectivity index (χ0) is 11.8. The first-order valence-corrected chi connectivity index (χ1v) is 7.16. The van der Waals surface area contributed by atoms with Gasteiger partial charge in [0.25, 0.3) is 0 Å². The number of unbranched alkanes of at least 4 members (excludes halogenated alkanes) is 1. The van der Waals surface area contributed by atoms with Crippen LogP contribution >= 0.6 is 0 Å². The molecule has 0 heterocycles. The number of hydrogen-bond donors (Lipinski definition) is 1. The summed E-state index contributed by atoms with van der Waals surface area (Å²) >= 11 is 0. The molecule has 1 unspecified atom stereocenters. The van der Waals surface area contributed by atoms with E-state index < -0.39 is 0 Å². The molecule has 0 radical (unpaired) electrons. The topological polar surface area (TPSA) is 15.3 Å². The van der Waals surface area contributed by atoms with Crippen molar-refractivity contribution in [3.63, 3.8) is 0 Å². The minimum Gasteiger partial charge on any atom is -0.313 e. The van der Waals surface area contributed by atoms with E-state index in [-0.39, 0.29) is 0 Å². The lowest BCUT2D eigenvalue weighted by Crippen LogP contribution is -2.37. The van der Waals surface area contributed by atoms with Crippen molar-refractivity contribution in [1.29, 1.82) is 0 Å². The normalized spacial score (nSPS) is 19.5. The summed E-state index contributed by atoms with van der Waals surface area (Å²) in [6.07, 6.45) is 8.42. The lowest BCUT2D eigenvalue weighted by Gasteiger charge is -2.22. The molecule has 0 aromatic carbocycles. The maximum atomic E-state index is 3.69. The molecule has 0 aliphatic heterocycles. The van der Waals surface area contributed by atoms with Crippen LogP contribution in [0.2, 0.25) is 0 Å². The molecule has 0 amide bonds. The number of rotatable bonds is 8. The Labute approximate surface area is 102 Å². The second-order valence-electron chi connectivity index (χ2n) is 5.44. The summed E-state index contributed by atoms with van der Waals surface area (Å²) < 4.78 is 0. The van der Waals surface area contributed by atoms with Gasteiger partial charge >= 0.3 is 0 Å². The van der Waals surface area contributed by atoms with Crippen molar-refractivity contribution in [2.75, 3.05) is 26.7 Å². The quantitative estimate of drug-likeness (QED) is 0.684. The van der Waals surface area contributed by atoms with Crippen LogP contribution in [0.15, 0.2) is 0 Å². The van der Waals surface area contributed by atoms with Crippen LogP contribution in [-0.2, 0) is 0 Å². The van der Waals surface area contributed by atoms with Crippen LogP contribution < -0.4 is 5.32 Å². The molecular formula is C14H30N2. The zero-order valence-electron chi connectivity index (χ0n) is 11.5. The number of nitrogens with zero attached hydrogens (tertiary/aromatic N) is 1. The van der Waals surface area contributed by atoms with E-state index in [1.807, 2.05) is 0 Å². The number of nitrogens with one attached hydrogen (secondary N) is 1. The van der Waals surface area contributed by atoms with E-state index in [1.54, 1.807) is 0 Å². The van der Waals surface area contributed by atoms with Crippen LogP contribution in [0.25, 0.3) is 0 Å². The van der Waals surface area contributed by atoms with Crippen LogP contribution in [0.1, 0.15) is 52.4 Å². The van der Waals surface area contributed by atoms with E-state index in [9.17, 15) is 0 Å². The smallest absolute Gasteiger partial charge is 0.0104 e. The van der Waals surface area contributed by atoms with Crippen molar-refractivity contribution in [2.45, 2.75) is 58.4 Å².